The summed E-state index contributed by atoms with van der Waals surface area (Å²) in [7, 11) is 0. The summed E-state index contributed by atoms with van der Waals surface area (Å²) in [4.78, 5) is 24.2. The Kier molecular flexibility index (Phi) is 5.36. The predicted octanol–water partition coefficient (Wildman–Crippen LogP) is 3.57. The van der Waals surface area contributed by atoms with E-state index >= 15 is 0 Å². The highest BCUT2D eigenvalue weighted by Crippen LogP contribution is 2.22. The van der Waals surface area contributed by atoms with Crippen LogP contribution in [0.15, 0.2) is 41.2 Å². The van der Waals surface area contributed by atoms with Crippen LogP contribution in [0.3, 0.4) is 0 Å². The lowest BCUT2D eigenvalue weighted by Gasteiger charge is -2.04. The maximum Gasteiger partial charge on any atom is 0.358 e. The minimum atomic E-state index is -0.512. The minimum Gasteiger partial charge on any atom is -0.461 e. The molecule has 0 aliphatic rings. The first kappa shape index (κ1) is 17.7. The molecule has 0 aliphatic carbocycles. The maximum absolute atomic E-state index is 11.6. The van der Waals surface area contributed by atoms with Gasteiger partial charge in [-0.15, -0.1) is 0 Å². The fourth-order valence-corrected chi connectivity index (χ4v) is 2.45. The number of esters is 1. The molecule has 0 fully saturated rings. The van der Waals surface area contributed by atoms with Gasteiger partial charge in [-0.1, -0.05) is 31.1 Å². The number of nitrogens with zero attached hydrogens (tertiary/aromatic N) is 4. The molecule has 1 aromatic carbocycles. The minimum absolute atomic E-state index is 0.139. The Hall–Kier alpha value is -3.09. The van der Waals surface area contributed by atoms with Gasteiger partial charge in [0.15, 0.2) is 5.69 Å². The molecule has 7 nitrogen and oxygen atoms in total. The van der Waals surface area contributed by atoms with Gasteiger partial charge in [0.05, 0.1) is 19.0 Å². The van der Waals surface area contributed by atoms with Crippen molar-refractivity contribution in [1.29, 1.82) is 0 Å². The number of rotatable bonds is 6. The molecule has 3 aromatic rings. The molecule has 2 heterocycles. The quantitative estimate of drug-likeness (QED) is 0.626. The van der Waals surface area contributed by atoms with Gasteiger partial charge in [0, 0.05) is 5.56 Å². The van der Waals surface area contributed by atoms with Crippen molar-refractivity contribution in [3.8, 4) is 23.0 Å². The molecular formula is C19H20N4O3. The van der Waals surface area contributed by atoms with Crippen LogP contribution in [-0.2, 0) is 11.2 Å². The van der Waals surface area contributed by atoms with E-state index in [-0.39, 0.29) is 12.3 Å². The molecule has 0 amide bonds. The first-order valence-electron chi connectivity index (χ1n) is 8.49. The van der Waals surface area contributed by atoms with Crippen molar-refractivity contribution in [3.05, 3.63) is 47.9 Å². The van der Waals surface area contributed by atoms with Crippen LogP contribution in [0.25, 0.3) is 23.0 Å². The Morgan fingerprint density at radius 2 is 1.92 bits per heavy atom. The molecule has 7 heteroatoms. The van der Waals surface area contributed by atoms with E-state index in [0.717, 1.165) is 12.0 Å². The Balaban J connectivity index is 1.76. The molecule has 2 aromatic heterocycles. The fourth-order valence-electron chi connectivity index (χ4n) is 2.45. The number of carbonyl (C=O) groups is 1. The van der Waals surface area contributed by atoms with Crippen molar-refractivity contribution in [2.45, 2.75) is 27.2 Å². The van der Waals surface area contributed by atoms with Crippen LogP contribution in [0.1, 0.15) is 36.8 Å². The lowest BCUT2D eigenvalue weighted by Crippen LogP contribution is -2.07. The number of aromatic nitrogens is 4. The summed E-state index contributed by atoms with van der Waals surface area (Å²) in [5, 5.41) is 3.94. The Morgan fingerprint density at radius 3 is 2.54 bits per heavy atom. The van der Waals surface area contributed by atoms with Gasteiger partial charge in [0.2, 0.25) is 5.82 Å². The molecule has 0 radical (unpaired) electrons. The highest BCUT2D eigenvalue weighted by atomic mass is 16.5. The molecule has 0 bridgehead atoms. The van der Waals surface area contributed by atoms with Crippen LogP contribution < -0.4 is 0 Å². The number of hydrogen-bond donors (Lipinski definition) is 0. The Labute approximate surface area is 151 Å². The van der Waals surface area contributed by atoms with E-state index in [2.05, 4.69) is 46.1 Å². The third-order valence-corrected chi connectivity index (χ3v) is 3.64. The summed E-state index contributed by atoms with van der Waals surface area (Å²) in [6.07, 6.45) is 3.79. The largest absolute Gasteiger partial charge is 0.461 e. The van der Waals surface area contributed by atoms with E-state index in [1.165, 1.54) is 18.0 Å². The van der Waals surface area contributed by atoms with E-state index in [0.29, 0.717) is 23.3 Å². The van der Waals surface area contributed by atoms with Crippen LogP contribution in [0.5, 0.6) is 0 Å². The van der Waals surface area contributed by atoms with Gasteiger partial charge in [-0.2, -0.15) is 4.98 Å². The highest BCUT2D eigenvalue weighted by Gasteiger charge is 2.14. The zero-order chi connectivity index (χ0) is 18.5. The summed E-state index contributed by atoms with van der Waals surface area (Å²) < 4.78 is 10.2. The Bertz CT molecular complexity index is 871. The molecule has 0 spiro atoms. The van der Waals surface area contributed by atoms with Crippen LogP contribution >= 0.6 is 0 Å². The van der Waals surface area contributed by atoms with Gasteiger partial charge in [-0.25, -0.2) is 14.8 Å². The van der Waals surface area contributed by atoms with Crippen molar-refractivity contribution < 1.29 is 14.1 Å². The van der Waals surface area contributed by atoms with Gasteiger partial charge in [0.1, 0.15) is 5.69 Å². The van der Waals surface area contributed by atoms with Gasteiger partial charge in [-0.3, -0.25) is 0 Å². The molecule has 0 saturated heterocycles. The fraction of sp³-hybridized carbons (Fsp3) is 0.316. The molecule has 0 N–H and O–H groups in total. The summed E-state index contributed by atoms with van der Waals surface area (Å²) in [6.45, 7) is 6.39. The Morgan fingerprint density at radius 1 is 1.15 bits per heavy atom. The summed E-state index contributed by atoms with van der Waals surface area (Å²) in [5.74, 6) is 0.815. The second-order valence-electron chi connectivity index (χ2n) is 6.23. The van der Waals surface area contributed by atoms with E-state index in [4.69, 9.17) is 9.26 Å². The summed E-state index contributed by atoms with van der Waals surface area (Å²) in [6, 6.07) is 8.05. The third kappa shape index (κ3) is 4.11. The van der Waals surface area contributed by atoms with Crippen LogP contribution in [0.2, 0.25) is 0 Å². The van der Waals surface area contributed by atoms with E-state index in [1.54, 1.807) is 6.92 Å². The summed E-state index contributed by atoms with van der Waals surface area (Å²) >= 11 is 0. The third-order valence-electron chi connectivity index (χ3n) is 3.64. The average molecular weight is 352 g/mol. The van der Waals surface area contributed by atoms with E-state index in [1.807, 2.05) is 12.1 Å². The average Bonchev–Trinajstić information content (AvgIpc) is 3.12. The van der Waals surface area contributed by atoms with Gasteiger partial charge in [-0.05, 0) is 37.0 Å². The smallest absolute Gasteiger partial charge is 0.358 e. The molecule has 134 valence electrons. The first-order valence-corrected chi connectivity index (χ1v) is 8.49. The highest BCUT2D eigenvalue weighted by molar-refractivity contribution is 5.86. The molecule has 26 heavy (non-hydrogen) atoms. The van der Waals surface area contributed by atoms with E-state index < -0.39 is 5.97 Å². The molecule has 0 saturated carbocycles. The van der Waals surface area contributed by atoms with Gasteiger partial charge < -0.3 is 9.26 Å². The number of benzene rings is 1. The van der Waals surface area contributed by atoms with Crippen molar-refractivity contribution in [2.24, 2.45) is 5.92 Å². The van der Waals surface area contributed by atoms with E-state index in [9.17, 15) is 4.79 Å². The SMILES string of the molecule is CCOC(=O)c1cnc(-c2noc(-c3ccc(CC(C)C)cc3)n2)cn1. The number of hydrogen-bond acceptors (Lipinski definition) is 7. The molecule has 0 unspecified atom stereocenters. The molecule has 0 atom stereocenters. The monoisotopic (exact) mass is 352 g/mol. The van der Waals surface area contributed by atoms with Crippen molar-refractivity contribution >= 4 is 5.97 Å². The standard InChI is InChI=1S/C19H20N4O3/c1-4-25-19(24)16-11-20-15(10-21-16)17-22-18(26-23-17)14-7-5-13(6-8-14)9-12(2)3/h5-8,10-12H,4,9H2,1-3H3. The van der Waals surface area contributed by atoms with Gasteiger partial charge in [0.25, 0.3) is 5.89 Å². The summed E-state index contributed by atoms with van der Waals surface area (Å²) in [5.41, 5.74) is 2.67. The zero-order valence-corrected chi connectivity index (χ0v) is 15.0. The second kappa shape index (κ2) is 7.86. The first-order chi connectivity index (χ1) is 12.6. The van der Waals surface area contributed by atoms with Crippen molar-refractivity contribution in [2.75, 3.05) is 6.61 Å². The predicted molar refractivity (Wildman–Crippen MR) is 95.3 cm³/mol. The number of carbonyl (C=O) groups excluding carboxylic acids is 1. The van der Waals surface area contributed by atoms with Gasteiger partial charge >= 0.3 is 5.97 Å². The van der Waals surface area contributed by atoms with Crippen molar-refractivity contribution in [1.82, 2.24) is 20.1 Å². The van der Waals surface area contributed by atoms with Crippen LogP contribution in [-0.4, -0.2) is 32.7 Å². The normalized spacial score (nSPS) is 10.9. The molecular weight excluding hydrogens is 332 g/mol. The van der Waals surface area contributed by atoms with Crippen molar-refractivity contribution in [3.63, 3.8) is 0 Å². The second-order valence-corrected chi connectivity index (χ2v) is 6.23. The topological polar surface area (TPSA) is 91.0 Å². The zero-order valence-electron chi connectivity index (χ0n) is 15.0. The number of ether oxygens (including phenoxy) is 1. The molecule has 0 aliphatic heterocycles. The van der Waals surface area contributed by atoms with Crippen LogP contribution in [0.4, 0.5) is 0 Å². The van der Waals surface area contributed by atoms with Crippen LogP contribution in [0, 0.1) is 5.92 Å². The lowest BCUT2D eigenvalue weighted by molar-refractivity contribution is 0.0519. The lowest BCUT2D eigenvalue weighted by atomic mass is 10.0. The maximum atomic E-state index is 11.6. The molecule has 3 rings (SSSR count).